The number of rotatable bonds is 6. The molecule has 0 radical (unpaired) electrons. The molecule has 2 atom stereocenters. The minimum Gasteiger partial charge on any atom is -0.497 e. The topological polar surface area (TPSA) is 91.3 Å². The van der Waals surface area contributed by atoms with Crippen LogP contribution in [0.15, 0.2) is 57.8 Å². The van der Waals surface area contributed by atoms with Crippen LogP contribution in [-0.4, -0.2) is 69.3 Å². The van der Waals surface area contributed by atoms with Crippen molar-refractivity contribution in [3.63, 3.8) is 0 Å². The zero-order chi connectivity index (χ0) is 24.4. The maximum absolute atomic E-state index is 13.4. The fraction of sp³-hybridized carbons (Fsp3) is 0.462. The Bertz CT molecular complexity index is 1210. The van der Waals surface area contributed by atoms with E-state index in [4.69, 9.17) is 4.74 Å². The van der Waals surface area contributed by atoms with E-state index in [2.05, 4.69) is 26.7 Å². The van der Waals surface area contributed by atoms with Crippen LogP contribution in [0, 0.1) is 0 Å². The number of piperidine rings is 1. The standard InChI is InChI=1S/C26H32N4O4S/c1-34-20-13-11-19(12-14-20)23(29-15-5-2-6-16-29)18-27-26(31)22-9-7-17-30(22)25-21-8-3-4-10-24(21)35(32,33)28-25/h3-4,8,10-14,22-23H,2,5-7,9,15-18H2,1H3,(H,27,31). The molecule has 2 aromatic rings. The van der Waals surface area contributed by atoms with Gasteiger partial charge in [0.1, 0.15) is 16.7 Å². The molecule has 0 aromatic heterocycles. The molecule has 186 valence electrons. The number of sulfonamides is 1. The Morgan fingerprint density at radius 2 is 1.80 bits per heavy atom. The molecular weight excluding hydrogens is 464 g/mol. The SMILES string of the molecule is COc1ccc(C(CNC(=O)C2CCCN2C2=NS(=O)(=O)c3ccccc32)N2CCCCC2)cc1. The first-order valence-electron chi connectivity index (χ1n) is 12.3. The van der Waals surface area contributed by atoms with E-state index in [0.29, 0.717) is 30.9 Å². The van der Waals surface area contributed by atoms with Crippen molar-refractivity contribution in [2.45, 2.75) is 49.1 Å². The largest absolute Gasteiger partial charge is 0.497 e. The number of carbonyl (C=O) groups is 1. The lowest BCUT2D eigenvalue weighted by Gasteiger charge is -2.35. The average molecular weight is 497 g/mol. The summed E-state index contributed by atoms with van der Waals surface area (Å²) >= 11 is 0. The van der Waals surface area contributed by atoms with Crippen molar-refractivity contribution in [1.29, 1.82) is 0 Å². The summed E-state index contributed by atoms with van der Waals surface area (Å²) in [4.78, 5) is 17.9. The lowest BCUT2D eigenvalue weighted by molar-refractivity contribution is -0.124. The number of amides is 1. The van der Waals surface area contributed by atoms with E-state index >= 15 is 0 Å². The van der Waals surface area contributed by atoms with Crippen molar-refractivity contribution in [3.05, 3.63) is 59.7 Å². The van der Waals surface area contributed by atoms with Gasteiger partial charge >= 0.3 is 0 Å². The third-order valence-electron chi connectivity index (χ3n) is 7.24. The van der Waals surface area contributed by atoms with Crippen molar-refractivity contribution in [1.82, 2.24) is 15.1 Å². The van der Waals surface area contributed by atoms with Gasteiger partial charge in [-0.2, -0.15) is 8.42 Å². The summed E-state index contributed by atoms with van der Waals surface area (Å²) in [6.45, 7) is 3.12. The van der Waals surface area contributed by atoms with Crippen molar-refractivity contribution in [2.24, 2.45) is 4.40 Å². The molecule has 1 N–H and O–H groups in total. The van der Waals surface area contributed by atoms with Crippen LogP contribution in [0.5, 0.6) is 5.75 Å². The molecule has 3 heterocycles. The van der Waals surface area contributed by atoms with E-state index in [1.165, 1.54) is 6.42 Å². The van der Waals surface area contributed by atoms with Gasteiger partial charge in [0.05, 0.1) is 13.2 Å². The van der Waals surface area contributed by atoms with Crippen molar-refractivity contribution >= 4 is 21.8 Å². The highest BCUT2D eigenvalue weighted by molar-refractivity contribution is 7.90. The first-order valence-corrected chi connectivity index (χ1v) is 13.8. The summed E-state index contributed by atoms with van der Waals surface area (Å²) < 4.78 is 34.5. The number of hydrogen-bond acceptors (Lipinski definition) is 6. The molecule has 1 amide bonds. The lowest BCUT2D eigenvalue weighted by atomic mass is 10.0. The Labute approximate surface area is 207 Å². The fourth-order valence-corrected chi connectivity index (χ4v) is 6.63. The number of nitrogens with one attached hydrogen (secondary N) is 1. The average Bonchev–Trinajstić information content (AvgIpc) is 3.48. The molecule has 2 aromatic carbocycles. The first-order chi connectivity index (χ1) is 17.0. The number of amidine groups is 1. The van der Waals surface area contributed by atoms with E-state index in [9.17, 15) is 13.2 Å². The monoisotopic (exact) mass is 496 g/mol. The van der Waals surface area contributed by atoms with Gasteiger partial charge in [-0.25, -0.2) is 0 Å². The smallest absolute Gasteiger partial charge is 0.285 e. The van der Waals surface area contributed by atoms with Crippen LogP contribution < -0.4 is 10.1 Å². The van der Waals surface area contributed by atoms with Crippen LogP contribution in [0.25, 0.3) is 0 Å². The fourth-order valence-electron chi connectivity index (χ4n) is 5.42. The number of fused-ring (bicyclic) bond motifs is 1. The first kappa shape index (κ1) is 23.8. The Morgan fingerprint density at radius 3 is 2.54 bits per heavy atom. The van der Waals surface area contributed by atoms with Gasteiger partial charge in [-0.1, -0.05) is 30.7 Å². The highest BCUT2D eigenvalue weighted by Gasteiger charge is 2.39. The molecule has 0 bridgehead atoms. The summed E-state index contributed by atoms with van der Waals surface area (Å²) in [6, 6.07) is 14.5. The molecule has 0 spiro atoms. The van der Waals surface area contributed by atoms with Gasteiger partial charge in [-0.15, -0.1) is 4.40 Å². The molecule has 8 nitrogen and oxygen atoms in total. The van der Waals surface area contributed by atoms with Crippen LogP contribution in [0.1, 0.15) is 49.3 Å². The zero-order valence-electron chi connectivity index (χ0n) is 20.0. The number of ether oxygens (including phenoxy) is 1. The van der Waals surface area contributed by atoms with Gasteiger partial charge in [-0.3, -0.25) is 9.69 Å². The zero-order valence-corrected chi connectivity index (χ0v) is 20.8. The Kier molecular flexibility index (Phi) is 6.80. The van der Waals surface area contributed by atoms with Crippen molar-refractivity contribution in [3.8, 4) is 5.75 Å². The second-order valence-corrected chi connectivity index (χ2v) is 10.9. The molecule has 9 heteroatoms. The van der Waals surface area contributed by atoms with Gasteiger partial charge in [0.25, 0.3) is 10.0 Å². The van der Waals surface area contributed by atoms with Crippen LogP contribution in [0.2, 0.25) is 0 Å². The van der Waals surface area contributed by atoms with Crippen molar-refractivity contribution < 1.29 is 17.9 Å². The molecular formula is C26H32N4O4S. The normalized spacial score (nSPS) is 22.4. The molecule has 0 aliphatic carbocycles. The lowest BCUT2D eigenvalue weighted by Crippen LogP contribution is -2.48. The number of nitrogens with zero attached hydrogens (tertiary/aromatic N) is 3. The Morgan fingerprint density at radius 1 is 1.06 bits per heavy atom. The van der Waals surface area contributed by atoms with E-state index in [-0.39, 0.29) is 16.8 Å². The highest BCUT2D eigenvalue weighted by Crippen LogP contribution is 2.31. The van der Waals surface area contributed by atoms with E-state index in [1.54, 1.807) is 31.4 Å². The molecule has 2 unspecified atom stereocenters. The molecule has 0 saturated carbocycles. The minimum absolute atomic E-state index is 0.0740. The number of hydrogen-bond donors (Lipinski definition) is 1. The van der Waals surface area contributed by atoms with Gasteiger partial charge in [-0.05, 0) is 68.6 Å². The third kappa shape index (κ3) is 4.79. The maximum atomic E-state index is 13.4. The van der Waals surface area contributed by atoms with Crippen LogP contribution in [-0.2, 0) is 14.8 Å². The summed E-state index contributed by atoms with van der Waals surface area (Å²) in [6.07, 6.45) is 5.04. The second kappa shape index (κ2) is 9.99. The maximum Gasteiger partial charge on any atom is 0.285 e. The van der Waals surface area contributed by atoms with E-state index in [0.717, 1.165) is 43.7 Å². The molecule has 2 saturated heterocycles. The van der Waals surface area contributed by atoms with Crippen molar-refractivity contribution in [2.75, 3.05) is 33.3 Å². The summed E-state index contributed by atoms with van der Waals surface area (Å²) in [5.74, 6) is 1.12. The van der Waals surface area contributed by atoms with Gasteiger partial charge in [0.2, 0.25) is 5.91 Å². The molecule has 35 heavy (non-hydrogen) atoms. The quantitative estimate of drug-likeness (QED) is 0.661. The Balaban J connectivity index is 1.33. The molecule has 3 aliphatic heterocycles. The number of likely N-dealkylation sites (tertiary alicyclic amines) is 2. The van der Waals surface area contributed by atoms with Gasteiger partial charge < -0.3 is 15.0 Å². The van der Waals surface area contributed by atoms with E-state index < -0.39 is 16.1 Å². The highest BCUT2D eigenvalue weighted by atomic mass is 32.2. The number of carbonyl (C=O) groups excluding carboxylic acids is 1. The Hall–Kier alpha value is -2.91. The molecule has 5 rings (SSSR count). The van der Waals surface area contributed by atoms with Crippen LogP contribution in [0.4, 0.5) is 0 Å². The minimum atomic E-state index is -3.73. The number of benzene rings is 2. The molecule has 3 aliphatic rings. The van der Waals surface area contributed by atoms with E-state index in [1.807, 2.05) is 17.0 Å². The van der Waals surface area contributed by atoms with Crippen LogP contribution in [0.3, 0.4) is 0 Å². The number of methoxy groups -OCH3 is 1. The summed E-state index contributed by atoms with van der Waals surface area (Å²) in [7, 11) is -2.07. The predicted molar refractivity (Wildman–Crippen MR) is 134 cm³/mol. The predicted octanol–water partition coefficient (Wildman–Crippen LogP) is 2.95. The third-order valence-corrected chi connectivity index (χ3v) is 8.57. The van der Waals surface area contributed by atoms with Gasteiger partial charge in [0, 0.05) is 18.7 Å². The van der Waals surface area contributed by atoms with Crippen LogP contribution >= 0.6 is 0 Å². The summed E-state index contributed by atoms with van der Waals surface area (Å²) in [5, 5.41) is 3.19. The van der Waals surface area contributed by atoms with Gasteiger partial charge in [0.15, 0.2) is 5.84 Å². The summed E-state index contributed by atoms with van der Waals surface area (Å²) in [5.41, 5.74) is 1.73. The molecule has 2 fully saturated rings. The second-order valence-electron chi connectivity index (χ2n) is 9.37.